The molecule has 1 aliphatic rings. The van der Waals surface area contributed by atoms with Gasteiger partial charge in [0.15, 0.2) is 6.20 Å². The molecule has 0 N–H and O–H groups in total. The first-order valence-corrected chi connectivity index (χ1v) is 13.3. The minimum atomic E-state index is 0.120. The lowest BCUT2D eigenvalue weighted by Crippen LogP contribution is -2.31. The van der Waals surface area contributed by atoms with Crippen molar-refractivity contribution in [3.63, 3.8) is 0 Å². The number of rotatable bonds is 2. The first-order chi connectivity index (χ1) is 16.4. The van der Waals surface area contributed by atoms with Crippen LogP contribution in [-0.2, 0) is 19.9 Å². The van der Waals surface area contributed by atoms with Crippen LogP contribution in [0.4, 0.5) is 0 Å². The lowest BCUT2D eigenvalue weighted by molar-refractivity contribution is -0.659. The summed E-state index contributed by atoms with van der Waals surface area (Å²) in [6, 6.07) is 10.6. The van der Waals surface area contributed by atoms with E-state index in [1.165, 1.54) is 48.3 Å². The van der Waals surface area contributed by atoms with Gasteiger partial charge in [-0.05, 0) is 35.8 Å². The van der Waals surface area contributed by atoms with Crippen molar-refractivity contribution in [1.29, 1.82) is 0 Å². The molecular formula is C31H34NO2S+. The molecule has 2 aromatic carbocycles. The van der Waals surface area contributed by atoms with Crippen molar-refractivity contribution in [2.45, 2.75) is 71.1 Å². The van der Waals surface area contributed by atoms with Crippen LogP contribution in [0.3, 0.4) is 0 Å². The number of hydrogen-bond donors (Lipinski definition) is 0. The van der Waals surface area contributed by atoms with Gasteiger partial charge in [-0.1, -0.05) is 71.5 Å². The molecule has 0 fully saturated rings. The minimum Gasteiger partial charge on any atom is -0.459 e. The fourth-order valence-electron chi connectivity index (χ4n) is 5.63. The molecule has 0 aliphatic carbocycles. The maximum atomic E-state index is 6.62. The predicted octanol–water partition coefficient (Wildman–Crippen LogP) is 8.77. The molecule has 5 aromatic rings. The summed E-state index contributed by atoms with van der Waals surface area (Å²) in [6.45, 7) is 16.1. The van der Waals surface area contributed by atoms with E-state index in [-0.39, 0.29) is 10.8 Å². The summed E-state index contributed by atoms with van der Waals surface area (Å²) in [6.07, 6.45) is 4.00. The standard InChI is InChI=1S/C31H34NO2S/c1-17-23-18-11-9-10-12-20(18)34-27(23)19(15-30(2,3)4)28-24(17)26-25-21(13-14-32(26)8)33-22(29(25)35-28)16-31(5,6)7/h9-14H,15-16H2,1-8H3/q+1. The quantitative estimate of drug-likeness (QED) is 0.230. The highest BCUT2D eigenvalue weighted by Gasteiger charge is 2.37. The Hall–Kier alpha value is -2.72. The molecule has 4 heterocycles. The van der Waals surface area contributed by atoms with Crippen LogP contribution in [0.5, 0.6) is 0 Å². The molecule has 0 bridgehead atoms. The third-order valence-electron chi connectivity index (χ3n) is 6.96. The zero-order valence-corrected chi connectivity index (χ0v) is 22.9. The van der Waals surface area contributed by atoms with Gasteiger partial charge in [0.25, 0.3) is 0 Å². The number of aryl methyl sites for hydroxylation is 2. The van der Waals surface area contributed by atoms with Gasteiger partial charge in [0.05, 0.1) is 10.5 Å². The molecule has 3 nitrogen and oxygen atoms in total. The van der Waals surface area contributed by atoms with Crippen LogP contribution in [0.25, 0.3) is 44.2 Å². The third kappa shape index (κ3) is 3.52. The van der Waals surface area contributed by atoms with E-state index in [1.807, 2.05) is 11.8 Å². The fraction of sp³-hybridized carbons (Fsp3) is 0.387. The van der Waals surface area contributed by atoms with E-state index in [0.29, 0.717) is 0 Å². The van der Waals surface area contributed by atoms with Crippen LogP contribution in [-0.4, -0.2) is 0 Å². The fourth-order valence-corrected chi connectivity index (χ4v) is 7.00. The molecule has 3 aromatic heterocycles. The third-order valence-corrected chi connectivity index (χ3v) is 8.25. The SMILES string of the molecule is Cc1c2c(c(CC(C)(C)C)c3oc4ccccc4c13)Sc1c(CC(C)(C)C)oc3cc[n+](C)c-2c13. The molecule has 0 radical (unpaired) electrons. The van der Waals surface area contributed by atoms with Crippen LogP contribution >= 0.6 is 11.8 Å². The topological polar surface area (TPSA) is 30.2 Å². The number of benzene rings is 2. The first kappa shape index (κ1) is 22.7. The van der Waals surface area contributed by atoms with Crippen LogP contribution < -0.4 is 4.57 Å². The van der Waals surface area contributed by atoms with E-state index in [1.54, 1.807) is 0 Å². The zero-order valence-electron chi connectivity index (χ0n) is 22.1. The predicted molar refractivity (Wildman–Crippen MR) is 145 cm³/mol. The van der Waals surface area contributed by atoms with Crippen LogP contribution in [0.2, 0.25) is 0 Å². The molecular weight excluding hydrogens is 450 g/mol. The smallest absolute Gasteiger partial charge is 0.226 e. The zero-order chi connectivity index (χ0) is 24.9. The number of para-hydroxylation sites is 1. The van der Waals surface area contributed by atoms with E-state index in [0.717, 1.165) is 35.4 Å². The maximum Gasteiger partial charge on any atom is 0.226 e. The summed E-state index contributed by atoms with van der Waals surface area (Å²) in [4.78, 5) is 2.61. The molecule has 1 aliphatic heterocycles. The van der Waals surface area contributed by atoms with Gasteiger partial charge in [0, 0.05) is 33.7 Å². The lowest BCUT2D eigenvalue weighted by atomic mass is 9.84. The van der Waals surface area contributed by atoms with Crippen LogP contribution in [0.1, 0.15) is 58.4 Å². The summed E-state index contributed by atoms with van der Waals surface area (Å²) in [5, 5.41) is 3.70. The Labute approximate surface area is 211 Å². The normalized spacial score (nSPS) is 13.8. The Balaban J connectivity index is 1.78. The van der Waals surface area contributed by atoms with E-state index < -0.39 is 0 Å². The molecule has 0 amide bonds. The average Bonchev–Trinajstić information content (AvgIpc) is 3.30. The van der Waals surface area contributed by atoms with Crippen molar-refractivity contribution < 1.29 is 13.4 Å². The van der Waals surface area contributed by atoms with Gasteiger partial charge in [0.2, 0.25) is 5.69 Å². The van der Waals surface area contributed by atoms with Crippen LogP contribution in [0.15, 0.2) is 55.2 Å². The molecule has 4 heteroatoms. The molecule has 0 saturated carbocycles. The molecule has 0 atom stereocenters. The van der Waals surface area contributed by atoms with Crippen molar-refractivity contribution in [3.8, 4) is 11.3 Å². The average molecular weight is 485 g/mol. The van der Waals surface area contributed by atoms with Gasteiger partial charge in [-0.2, -0.15) is 0 Å². The number of hydrogen-bond acceptors (Lipinski definition) is 3. The monoisotopic (exact) mass is 484 g/mol. The Kier molecular flexibility index (Phi) is 4.80. The summed E-state index contributed by atoms with van der Waals surface area (Å²) >= 11 is 1.90. The van der Waals surface area contributed by atoms with E-state index in [9.17, 15) is 0 Å². The second-order valence-electron chi connectivity index (χ2n) is 12.6. The highest BCUT2D eigenvalue weighted by Crippen LogP contribution is 2.55. The van der Waals surface area contributed by atoms with Crippen LogP contribution in [0, 0.1) is 17.8 Å². The molecule has 0 saturated heterocycles. The Morgan fingerprint density at radius 3 is 2.26 bits per heavy atom. The maximum absolute atomic E-state index is 6.62. The number of fused-ring (bicyclic) bond motifs is 5. The molecule has 35 heavy (non-hydrogen) atoms. The van der Waals surface area contributed by atoms with E-state index in [2.05, 4.69) is 96.6 Å². The van der Waals surface area contributed by atoms with Gasteiger partial charge >= 0.3 is 0 Å². The van der Waals surface area contributed by atoms with E-state index in [4.69, 9.17) is 8.83 Å². The Bertz CT molecular complexity index is 1650. The van der Waals surface area contributed by atoms with Gasteiger partial charge in [0.1, 0.15) is 34.9 Å². The van der Waals surface area contributed by atoms with Crippen molar-refractivity contribution in [1.82, 2.24) is 0 Å². The first-order valence-electron chi connectivity index (χ1n) is 12.5. The van der Waals surface area contributed by atoms with Gasteiger partial charge in [-0.15, -0.1) is 0 Å². The van der Waals surface area contributed by atoms with E-state index >= 15 is 0 Å². The number of pyridine rings is 1. The van der Waals surface area contributed by atoms with Crippen molar-refractivity contribution >= 4 is 44.7 Å². The van der Waals surface area contributed by atoms with Crippen molar-refractivity contribution in [2.75, 3.05) is 0 Å². The molecule has 0 unspecified atom stereocenters. The summed E-state index contributed by atoms with van der Waals surface area (Å²) in [7, 11) is 2.16. The van der Waals surface area contributed by atoms with Crippen molar-refractivity contribution in [3.05, 3.63) is 53.4 Å². The second kappa shape index (κ2) is 7.39. The minimum absolute atomic E-state index is 0.120. The van der Waals surface area contributed by atoms with Gasteiger partial charge in [-0.3, -0.25) is 0 Å². The van der Waals surface area contributed by atoms with Gasteiger partial charge in [-0.25, -0.2) is 4.57 Å². The second-order valence-corrected chi connectivity index (χ2v) is 13.6. The summed E-state index contributed by atoms with van der Waals surface area (Å²) < 4.78 is 15.4. The Morgan fingerprint density at radius 2 is 1.54 bits per heavy atom. The highest BCUT2D eigenvalue weighted by molar-refractivity contribution is 8.00. The Morgan fingerprint density at radius 1 is 0.829 bits per heavy atom. The molecule has 6 rings (SSSR count). The summed E-state index contributed by atoms with van der Waals surface area (Å²) in [5.41, 5.74) is 8.45. The molecule has 0 spiro atoms. The number of nitrogens with zero attached hydrogens (tertiary/aromatic N) is 1. The highest BCUT2D eigenvalue weighted by atomic mass is 32.2. The number of furan rings is 2. The van der Waals surface area contributed by atoms with Gasteiger partial charge < -0.3 is 8.83 Å². The number of aromatic nitrogens is 1. The summed E-state index contributed by atoms with van der Waals surface area (Å²) in [5.74, 6) is 1.10. The molecule has 180 valence electrons. The largest absolute Gasteiger partial charge is 0.459 e. The van der Waals surface area contributed by atoms with Crippen molar-refractivity contribution in [2.24, 2.45) is 17.9 Å². The lowest BCUT2D eigenvalue weighted by Gasteiger charge is -2.25.